The maximum absolute atomic E-state index is 13.5. The third-order valence-electron chi connectivity index (χ3n) is 5.81. The smallest absolute Gasteiger partial charge is 0.227 e. The van der Waals surface area contributed by atoms with Crippen LogP contribution < -0.4 is 0 Å². The summed E-state index contributed by atoms with van der Waals surface area (Å²) in [7, 11) is 1.82. The molecule has 30 heavy (non-hydrogen) atoms. The first kappa shape index (κ1) is 22.0. The molecule has 1 saturated heterocycles. The van der Waals surface area contributed by atoms with E-state index in [4.69, 9.17) is 0 Å². The number of hydrogen-bond acceptors (Lipinski definition) is 2. The average molecular weight is 411 g/mol. The van der Waals surface area contributed by atoms with Gasteiger partial charge in [0.25, 0.3) is 0 Å². The summed E-state index contributed by atoms with van der Waals surface area (Å²) < 4.78 is 13.5. The van der Waals surface area contributed by atoms with Crippen molar-refractivity contribution < 1.29 is 14.0 Å². The molecule has 1 heterocycles. The zero-order valence-corrected chi connectivity index (χ0v) is 18.3. The molecule has 0 radical (unpaired) electrons. The van der Waals surface area contributed by atoms with Crippen molar-refractivity contribution in [2.75, 3.05) is 20.1 Å². The van der Waals surface area contributed by atoms with Gasteiger partial charge in [0.05, 0.1) is 6.04 Å². The highest BCUT2D eigenvalue weighted by molar-refractivity contribution is 5.83. The van der Waals surface area contributed by atoms with Gasteiger partial charge in [0.1, 0.15) is 5.82 Å². The zero-order valence-electron chi connectivity index (χ0n) is 18.3. The lowest BCUT2D eigenvalue weighted by Gasteiger charge is -2.38. The summed E-state index contributed by atoms with van der Waals surface area (Å²) >= 11 is 0. The van der Waals surface area contributed by atoms with Crippen LogP contribution in [0.15, 0.2) is 54.6 Å². The molecule has 1 aliphatic heterocycles. The minimum atomic E-state index is -0.408. The fraction of sp³-hybridized carbons (Fsp3) is 0.440. The maximum Gasteiger partial charge on any atom is 0.227 e. The molecule has 1 unspecified atom stereocenters. The number of carbonyl (C=O) groups is 2. The summed E-state index contributed by atoms with van der Waals surface area (Å²) in [6, 6.07) is 15.9. The second-order valence-electron chi connectivity index (χ2n) is 9.13. The third-order valence-corrected chi connectivity index (χ3v) is 5.81. The van der Waals surface area contributed by atoms with Gasteiger partial charge in [0.15, 0.2) is 0 Å². The van der Waals surface area contributed by atoms with Crippen LogP contribution in [0, 0.1) is 17.2 Å². The molecule has 1 aliphatic rings. The number of carbonyl (C=O) groups excluding carboxylic acids is 2. The van der Waals surface area contributed by atoms with Crippen LogP contribution in [0.4, 0.5) is 4.39 Å². The number of hydrogen-bond donors (Lipinski definition) is 0. The molecule has 2 aromatic carbocycles. The first-order chi connectivity index (χ1) is 14.2. The van der Waals surface area contributed by atoms with E-state index in [0.29, 0.717) is 25.9 Å². The topological polar surface area (TPSA) is 40.6 Å². The predicted molar refractivity (Wildman–Crippen MR) is 116 cm³/mol. The maximum atomic E-state index is 13.5. The van der Waals surface area contributed by atoms with Crippen LogP contribution >= 0.6 is 0 Å². The van der Waals surface area contributed by atoms with Gasteiger partial charge in [-0.1, -0.05) is 63.2 Å². The molecule has 0 bridgehead atoms. The lowest BCUT2D eigenvalue weighted by Crippen LogP contribution is -2.47. The van der Waals surface area contributed by atoms with E-state index in [1.54, 1.807) is 17.0 Å². The highest BCUT2D eigenvalue weighted by atomic mass is 19.1. The fourth-order valence-corrected chi connectivity index (χ4v) is 4.14. The lowest BCUT2D eigenvalue weighted by molar-refractivity contribution is -0.145. The molecule has 5 heteroatoms. The Hall–Kier alpha value is -2.69. The summed E-state index contributed by atoms with van der Waals surface area (Å²) in [5, 5.41) is 0. The third kappa shape index (κ3) is 4.89. The molecule has 2 aromatic rings. The Balaban J connectivity index is 1.77. The predicted octanol–water partition coefficient (Wildman–Crippen LogP) is 4.66. The normalized spacial score (nSPS) is 16.2. The molecule has 160 valence electrons. The van der Waals surface area contributed by atoms with E-state index in [-0.39, 0.29) is 29.6 Å². The summed E-state index contributed by atoms with van der Waals surface area (Å²) in [5.41, 5.74) is 1.45. The van der Waals surface area contributed by atoms with E-state index in [1.165, 1.54) is 12.1 Å². The largest absolute Gasteiger partial charge is 0.342 e. The van der Waals surface area contributed by atoms with Gasteiger partial charge in [-0.3, -0.25) is 9.59 Å². The fourth-order valence-electron chi connectivity index (χ4n) is 4.14. The Morgan fingerprint density at radius 1 is 0.967 bits per heavy atom. The molecule has 3 rings (SSSR count). The van der Waals surface area contributed by atoms with Crippen molar-refractivity contribution in [1.29, 1.82) is 0 Å². The highest BCUT2D eigenvalue weighted by Crippen LogP contribution is 2.31. The van der Waals surface area contributed by atoms with Crippen LogP contribution in [0.2, 0.25) is 0 Å². The quantitative estimate of drug-likeness (QED) is 0.736. The van der Waals surface area contributed by atoms with Gasteiger partial charge in [0.2, 0.25) is 11.8 Å². The Bertz CT molecular complexity index is 866. The number of rotatable bonds is 4. The summed E-state index contributed by atoms with van der Waals surface area (Å²) in [5.74, 6) is -0.215. The van der Waals surface area contributed by atoms with Crippen molar-refractivity contribution in [2.45, 2.75) is 39.7 Å². The molecular formula is C25H31FN2O2. The molecule has 1 atom stereocenters. The summed E-state index contributed by atoms with van der Waals surface area (Å²) in [6.07, 6.45) is 1.33. The Morgan fingerprint density at radius 3 is 2.03 bits per heavy atom. The van der Waals surface area contributed by atoms with E-state index < -0.39 is 5.41 Å². The number of piperidine rings is 1. The molecular weight excluding hydrogens is 379 g/mol. The van der Waals surface area contributed by atoms with Crippen molar-refractivity contribution in [3.05, 3.63) is 71.5 Å². The zero-order chi connectivity index (χ0) is 21.9. The molecule has 1 fully saturated rings. The van der Waals surface area contributed by atoms with Crippen molar-refractivity contribution in [1.82, 2.24) is 9.80 Å². The van der Waals surface area contributed by atoms with Gasteiger partial charge in [-0.2, -0.15) is 0 Å². The minimum absolute atomic E-state index is 0.0658. The van der Waals surface area contributed by atoms with Crippen molar-refractivity contribution >= 4 is 11.8 Å². The van der Waals surface area contributed by atoms with Crippen LogP contribution in [0.1, 0.15) is 50.8 Å². The Kier molecular flexibility index (Phi) is 6.59. The van der Waals surface area contributed by atoms with E-state index >= 15 is 0 Å². The molecule has 0 spiro atoms. The number of nitrogens with zero attached hydrogens (tertiary/aromatic N) is 2. The molecule has 0 aromatic heterocycles. The van der Waals surface area contributed by atoms with Crippen LogP contribution in [-0.4, -0.2) is 41.8 Å². The second kappa shape index (κ2) is 8.99. The first-order valence-electron chi connectivity index (χ1n) is 10.5. The molecule has 0 N–H and O–H groups in total. The standard InChI is InChI=1S/C25H31FN2O2/c1-25(2,3)24(30)28-16-14-20(15-17-28)23(29)27(4)22(18-8-6-5-7-9-18)19-10-12-21(26)13-11-19/h5-13,20,22H,14-17H2,1-4H3. The van der Waals surface area contributed by atoms with Gasteiger partial charge in [-0.25, -0.2) is 4.39 Å². The number of amides is 2. The molecule has 2 amide bonds. The van der Waals surface area contributed by atoms with Crippen LogP contribution in [0.25, 0.3) is 0 Å². The Labute approximate surface area is 178 Å². The van der Waals surface area contributed by atoms with Crippen LogP contribution in [0.3, 0.4) is 0 Å². The van der Waals surface area contributed by atoms with Gasteiger partial charge in [-0.15, -0.1) is 0 Å². The van der Waals surface area contributed by atoms with Crippen LogP contribution in [-0.2, 0) is 9.59 Å². The monoisotopic (exact) mass is 410 g/mol. The number of benzene rings is 2. The van der Waals surface area contributed by atoms with Gasteiger partial charge >= 0.3 is 0 Å². The van der Waals surface area contributed by atoms with Crippen molar-refractivity contribution in [2.24, 2.45) is 11.3 Å². The average Bonchev–Trinajstić information content (AvgIpc) is 2.74. The van der Waals surface area contributed by atoms with E-state index in [9.17, 15) is 14.0 Å². The number of halogens is 1. The number of likely N-dealkylation sites (tertiary alicyclic amines) is 1. The van der Waals surface area contributed by atoms with Gasteiger partial charge < -0.3 is 9.80 Å². The van der Waals surface area contributed by atoms with E-state index in [0.717, 1.165) is 11.1 Å². The van der Waals surface area contributed by atoms with E-state index in [2.05, 4.69) is 0 Å². The SMILES string of the molecule is CN(C(=O)C1CCN(C(=O)C(C)(C)C)CC1)C(c1ccccc1)c1ccc(F)cc1. The molecule has 4 nitrogen and oxygen atoms in total. The highest BCUT2D eigenvalue weighted by Gasteiger charge is 2.35. The summed E-state index contributed by atoms with van der Waals surface area (Å²) in [6.45, 7) is 6.98. The van der Waals surface area contributed by atoms with E-state index in [1.807, 2.05) is 63.1 Å². The first-order valence-corrected chi connectivity index (χ1v) is 10.5. The van der Waals surface area contributed by atoms with Crippen molar-refractivity contribution in [3.63, 3.8) is 0 Å². The van der Waals surface area contributed by atoms with Gasteiger partial charge in [0, 0.05) is 31.5 Å². The molecule has 0 aliphatic carbocycles. The lowest BCUT2D eigenvalue weighted by atomic mass is 9.89. The molecule has 0 saturated carbocycles. The second-order valence-corrected chi connectivity index (χ2v) is 9.13. The Morgan fingerprint density at radius 2 is 1.50 bits per heavy atom. The van der Waals surface area contributed by atoms with Gasteiger partial charge in [-0.05, 0) is 36.1 Å². The van der Waals surface area contributed by atoms with Crippen molar-refractivity contribution in [3.8, 4) is 0 Å². The van der Waals surface area contributed by atoms with Crippen LogP contribution in [0.5, 0.6) is 0 Å². The summed E-state index contributed by atoms with van der Waals surface area (Å²) in [4.78, 5) is 29.6. The minimum Gasteiger partial charge on any atom is -0.342 e.